The molecule has 0 radical (unpaired) electrons. The van der Waals surface area contributed by atoms with Gasteiger partial charge in [0.1, 0.15) is 0 Å². The van der Waals surface area contributed by atoms with E-state index in [2.05, 4.69) is 30.1 Å². The van der Waals surface area contributed by atoms with Crippen LogP contribution in [0.3, 0.4) is 0 Å². The maximum atomic E-state index is 5.55. The first-order chi connectivity index (χ1) is 8.75. The number of rotatable bonds is 2. The van der Waals surface area contributed by atoms with E-state index < -0.39 is 0 Å². The summed E-state index contributed by atoms with van der Waals surface area (Å²) < 4.78 is 9.55. The number of pyridine rings is 1. The number of aromatic nitrogens is 5. The SMILES string of the molecule is Cc1cnccc1-c1noc(-c2nonc2N)n1. The highest BCUT2D eigenvalue weighted by molar-refractivity contribution is 5.64. The van der Waals surface area contributed by atoms with Gasteiger partial charge in [0.2, 0.25) is 17.3 Å². The minimum Gasteiger partial charge on any atom is -0.379 e. The highest BCUT2D eigenvalue weighted by Crippen LogP contribution is 2.24. The lowest BCUT2D eigenvalue weighted by molar-refractivity contribution is 0.308. The molecule has 0 aliphatic carbocycles. The van der Waals surface area contributed by atoms with Gasteiger partial charge in [-0.3, -0.25) is 4.98 Å². The fourth-order valence-electron chi connectivity index (χ4n) is 1.50. The van der Waals surface area contributed by atoms with Crippen molar-refractivity contribution in [2.45, 2.75) is 6.92 Å². The van der Waals surface area contributed by atoms with Crippen LogP contribution in [-0.2, 0) is 0 Å². The molecule has 0 aliphatic heterocycles. The van der Waals surface area contributed by atoms with Gasteiger partial charge in [-0.05, 0) is 28.9 Å². The fraction of sp³-hybridized carbons (Fsp3) is 0.100. The van der Waals surface area contributed by atoms with E-state index in [4.69, 9.17) is 10.3 Å². The highest BCUT2D eigenvalue weighted by Gasteiger charge is 2.18. The Morgan fingerprint density at radius 2 is 2.11 bits per heavy atom. The molecule has 0 saturated heterocycles. The van der Waals surface area contributed by atoms with Gasteiger partial charge in [-0.1, -0.05) is 5.16 Å². The van der Waals surface area contributed by atoms with E-state index >= 15 is 0 Å². The zero-order valence-electron chi connectivity index (χ0n) is 9.36. The van der Waals surface area contributed by atoms with Crippen molar-refractivity contribution in [2.75, 3.05) is 5.73 Å². The quantitative estimate of drug-likeness (QED) is 0.711. The van der Waals surface area contributed by atoms with Gasteiger partial charge in [-0.15, -0.1) is 0 Å². The highest BCUT2D eigenvalue weighted by atomic mass is 16.6. The molecule has 3 heterocycles. The molecule has 0 bridgehead atoms. The Hall–Kier alpha value is -2.77. The third kappa shape index (κ3) is 1.59. The summed E-state index contributed by atoms with van der Waals surface area (Å²) in [6.45, 7) is 1.91. The van der Waals surface area contributed by atoms with Crippen LogP contribution in [0.15, 0.2) is 27.6 Å². The molecule has 3 rings (SSSR count). The molecule has 18 heavy (non-hydrogen) atoms. The van der Waals surface area contributed by atoms with Gasteiger partial charge >= 0.3 is 0 Å². The van der Waals surface area contributed by atoms with Crippen LogP contribution in [0.4, 0.5) is 5.82 Å². The van der Waals surface area contributed by atoms with Gasteiger partial charge in [0.15, 0.2) is 0 Å². The number of nitrogens with zero attached hydrogens (tertiary/aromatic N) is 5. The lowest BCUT2D eigenvalue weighted by atomic mass is 10.1. The van der Waals surface area contributed by atoms with Crippen molar-refractivity contribution in [1.29, 1.82) is 0 Å². The van der Waals surface area contributed by atoms with Gasteiger partial charge in [0.05, 0.1) is 0 Å². The third-order valence-corrected chi connectivity index (χ3v) is 2.40. The van der Waals surface area contributed by atoms with E-state index in [1.807, 2.05) is 6.92 Å². The monoisotopic (exact) mass is 244 g/mol. The largest absolute Gasteiger partial charge is 0.379 e. The number of nitrogens with two attached hydrogens (primary N) is 1. The first kappa shape index (κ1) is 10.4. The van der Waals surface area contributed by atoms with Gasteiger partial charge in [0.25, 0.3) is 5.89 Å². The number of hydrogen-bond acceptors (Lipinski definition) is 8. The van der Waals surface area contributed by atoms with Crippen LogP contribution in [-0.4, -0.2) is 25.4 Å². The predicted octanol–water partition coefficient (Wildman–Crippen LogP) is 1.07. The van der Waals surface area contributed by atoms with Crippen molar-refractivity contribution in [1.82, 2.24) is 25.4 Å². The van der Waals surface area contributed by atoms with Crippen molar-refractivity contribution in [3.05, 3.63) is 24.0 Å². The Balaban J connectivity index is 2.05. The third-order valence-electron chi connectivity index (χ3n) is 2.40. The van der Waals surface area contributed by atoms with E-state index in [9.17, 15) is 0 Å². The normalized spacial score (nSPS) is 10.7. The summed E-state index contributed by atoms with van der Waals surface area (Å²) in [6, 6.07) is 1.80. The molecule has 0 amide bonds. The molecule has 0 fully saturated rings. The van der Waals surface area contributed by atoms with Gasteiger partial charge in [-0.2, -0.15) is 4.98 Å². The fourth-order valence-corrected chi connectivity index (χ4v) is 1.50. The minimum atomic E-state index is 0.108. The molecule has 0 aromatic carbocycles. The van der Waals surface area contributed by atoms with E-state index in [1.165, 1.54) is 0 Å². The van der Waals surface area contributed by atoms with Crippen LogP contribution in [0.25, 0.3) is 23.0 Å². The van der Waals surface area contributed by atoms with E-state index in [0.29, 0.717) is 5.82 Å². The van der Waals surface area contributed by atoms with E-state index in [1.54, 1.807) is 18.5 Å². The summed E-state index contributed by atoms with van der Waals surface area (Å²) in [5, 5.41) is 10.9. The van der Waals surface area contributed by atoms with Crippen molar-refractivity contribution < 1.29 is 9.15 Å². The van der Waals surface area contributed by atoms with Crippen LogP contribution in [0.1, 0.15) is 5.56 Å². The summed E-state index contributed by atoms with van der Waals surface area (Å²) in [7, 11) is 0. The summed E-state index contributed by atoms with van der Waals surface area (Å²) in [5.41, 5.74) is 7.55. The molecule has 90 valence electrons. The molecule has 8 nitrogen and oxygen atoms in total. The van der Waals surface area contributed by atoms with Crippen molar-refractivity contribution >= 4 is 5.82 Å². The predicted molar refractivity (Wildman–Crippen MR) is 60.0 cm³/mol. The van der Waals surface area contributed by atoms with Crippen LogP contribution in [0.2, 0.25) is 0 Å². The molecule has 0 atom stereocenters. The molecule has 8 heteroatoms. The Morgan fingerprint density at radius 1 is 1.22 bits per heavy atom. The second-order valence-corrected chi connectivity index (χ2v) is 3.61. The molecular formula is C10H8N6O2. The topological polar surface area (TPSA) is 117 Å². The van der Waals surface area contributed by atoms with Crippen LogP contribution in [0, 0.1) is 6.92 Å². The molecule has 0 unspecified atom stereocenters. The van der Waals surface area contributed by atoms with Gasteiger partial charge < -0.3 is 10.3 Å². The molecule has 2 N–H and O–H groups in total. The average Bonchev–Trinajstić information content (AvgIpc) is 2.98. The van der Waals surface area contributed by atoms with Crippen LogP contribution >= 0.6 is 0 Å². The zero-order chi connectivity index (χ0) is 12.5. The average molecular weight is 244 g/mol. The Kier molecular flexibility index (Phi) is 2.26. The number of nitrogen functional groups attached to an aromatic ring is 1. The van der Waals surface area contributed by atoms with Gasteiger partial charge in [0, 0.05) is 18.0 Å². The first-order valence-corrected chi connectivity index (χ1v) is 5.09. The lowest BCUT2D eigenvalue weighted by Crippen LogP contribution is -1.89. The summed E-state index contributed by atoms with van der Waals surface area (Å²) in [6.07, 6.45) is 3.38. The second kappa shape index (κ2) is 3.91. The summed E-state index contributed by atoms with van der Waals surface area (Å²) in [5.74, 6) is 0.712. The van der Waals surface area contributed by atoms with E-state index in [-0.39, 0.29) is 17.4 Å². The molecule has 3 aromatic heterocycles. The Morgan fingerprint density at radius 3 is 2.83 bits per heavy atom. The van der Waals surface area contributed by atoms with Crippen LogP contribution in [0.5, 0.6) is 0 Å². The smallest absolute Gasteiger partial charge is 0.284 e. The van der Waals surface area contributed by atoms with Crippen molar-refractivity contribution in [2.24, 2.45) is 0 Å². The molecule has 0 spiro atoms. The van der Waals surface area contributed by atoms with Crippen molar-refractivity contribution in [3.63, 3.8) is 0 Å². The molecule has 0 aliphatic rings. The van der Waals surface area contributed by atoms with Gasteiger partial charge in [-0.25, -0.2) is 4.63 Å². The van der Waals surface area contributed by atoms with Crippen LogP contribution < -0.4 is 5.73 Å². The second-order valence-electron chi connectivity index (χ2n) is 3.61. The molecule has 0 saturated carbocycles. The number of hydrogen-bond donors (Lipinski definition) is 1. The Labute approximate surface area is 101 Å². The van der Waals surface area contributed by atoms with E-state index in [0.717, 1.165) is 11.1 Å². The summed E-state index contributed by atoms with van der Waals surface area (Å²) in [4.78, 5) is 8.19. The summed E-state index contributed by atoms with van der Waals surface area (Å²) >= 11 is 0. The number of anilines is 1. The maximum absolute atomic E-state index is 5.55. The number of aryl methyl sites for hydroxylation is 1. The van der Waals surface area contributed by atoms with Crippen molar-refractivity contribution in [3.8, 4) is 23.0 Å². The maximum Gasteiger partial charge on any atom is 0.284 e. The Bertz CT molecular complexity index is 689. The zero-order valence-corrected chi connectivity index (χ0v) is 9.36. The standard InChI is InChI=1S/C10H8N6O2/c1-5-4-12-3-2-6(5)9-13-10(17-16-9)7-8(11)15-18-14-7/h2-4H,1H3,(H2,11,15). The minimum absolute atomic E-state index is 0.108. The molecule has 3 aromatic rings. The molecular weight excluding hydrogens is 236 g/mol. The first-order valence-electron chi connectivity index (χ1n) is 5.09. The lowest BCUT2D eigenvalue weighted by Gasteiger charge is -1.97.